The Hall–Kier alpha value is -3.81. The van der Waals surface area contributed by atoms with Crippen molar-refractivity contribution < 1.29 is 9.53 Å². The third-order valence-electron chi connectivity index (χ3n) is 5.46. The van der Waals surface area contributed by atoms with Crippen LogP contribution in [-0.2, 0) is 24.2 Å². The molecule has 8 nitrogen and oxygen atoms in total. The van der Waals surface area contributed by atoms with Crippen molar-refractivity contribution >= 4 is 28.8 Å². The number of aromatic nitrogens is 5. The van der Waals surface area contributed by atoms with Crippen LogP contribution in [-0.4, -0.2) is 30.9 Å². The van der Waals surface area contributed by atoms with Gasteiger partial charge in [0.15, 0.2) is 11.2 Å². The van der Waals surface area contributed by atoms with Gasteiger partial charge in [-0.1, -0.05) is 11.3 Å². The maximum Gasteiger partial charge on any atom is 0.338 e. The predicted molar refractivity (Wildman–Crippen MR) is 105 cm³/mol. The molecule has 6 rings (SSSR count). The number of rotatable bonds is 3. The summed E-state index contributed by atoms with van der Waals surface area (Å²) >= 11 is 0. The van der Waals surface area contributed by atoms with Gasteiger partial charge in [0.05, 0.1) is 17.4 Å². The molecule has 4 aromatic rings. The summed E-state index contributed by atoms with van der Waals surface area (Å²) in [4.78, 5) is 20.6. The summed E-state index contributed by atoms with van der Waals surface area (Å²) in [6.07, 6.45) is 5.09. The molecule has 0 bridgehead atoms. The van der Waals surface area contributed by atoms with Crippen LogP contribution in [0.15, 0.2) is 42.6 Å². The van der Waals surface area contributed by atoms with Gasteiger partial charge in [0.1, 0.15) is 6.61 Å². The van der Waals surface area contributed by atoms with Crippen LogP contribution >= 0.6 is 0 Å². The highest BCUT2D eigenvalue weighted by Crippen LogP contribution is 2.27. The Balaban J connectivity index is 1.36. The van der Waals surface area contributed by atoms with Crippen molar-refractivity contribution in [3.8, 4) is 5.69 Å². The molecule has 3 heterocycles. The topological polar surface area (TPSA) is 94.8 Å². The zero-order valence-corrected chi connectivity index (χ0v) is 15.4. The Bertz CT molecular complexity index is 1300. The lowest BCUT2D eigenvalue weighted by Crippen LogP contribution is -2.02. The fourth-order valence-corrected chi connectivity index (χ4v) is 3.99. The number of anilines is 2. The molecule has 0 saturated carbocycles. The van der Waals surface area contributed by atoms with Crippen LogP contribution in [0.3, 0.4) is 0 Å². The normalized spacial score (nSPS) is 14.7. The Kier molecular flexibility index (Phi) is 3.40. The van der Waals surface area contributed by atoms with E-state index in [2.05, 4.69) is 43.8 Å². The highest BCUT2D eigenvalue weighted by atomic mass is 16.5. The molecular weight excluding hydrogens is 368 g/mol. The number of benzene rings is 2. The van der Waals surface area contributed by atoms with Crippen LogP contribution in [0.5, 0.6) is 0 Å². The van der Waals surface area contributed by atoms with Gasteiger partial charge in [-0.05, 0) is 60.7 Å². The van der Waals surface area contributed by atoms with Gasteiger partial charge in [0.2, 0.25) is 5.95 Å². The van der Waals surface area contributed by atoms with E-state index in [1.165, 1.54) is 17.5 Å². The smallest absolute Gasteiger partial charge is 0.338 e. The Morgan fingerprint density at radius 3 is 2.93 bits per heavy atom. The quantitative estimate of drug-likeness (QED) is 0.542. The first-order chi connectivity index (χ1) is 14.2. The summed E-state index contributed by atoms with van der Waals surface area (Å²) in [5.41, 5.74) is 7.24. The molecule has 1 aliphatic carbocycles. The molecule has 2 aliphatic rings. The zero-order chi connectivity index (χ0) is 19.4. The summed E-state index contributed by atoms with van der Waals surface area (Å²) in [6.45, 7) is 0.290. The third-order valence-corrected chi connectivity index (χ3v) is 5.46. The summed E-state index contributed by atoms with van der Waals surface area (Å²) in [6, 6.07) is 11.8. The van der Waals surface area contributed by atoms with E-state index in [0.717, 1.165) is 29.8 Å². The molecule has 0 radical (unpaired) electrons. The van der Waals surface area contributed by atoms with Crippen molar-refractivity contribution in [2.45, 2.75) is 25.9 Å². The molecule has 2 aromatic heterocycles. The number of nitrogens with one attached hydrogen (secondary N) is 1. The molecule has 0 spiro atoms. The second-order valence-electron chi connectivity index (χ2n) is 7.28. The number of aryl methyl sites for hydroxylation is 2. The van der Waals surface area contributed by atoms with Gasteiger partial charge in [0.25, 0.3) is 0 Å². The number of fused-ring (bicyclic) bond motifs is 3. The number of hydrogen-bond acceptors (Lipinski definition) is 7. The van der Waals surface area contributed by atoms with Gasteiger partial charge in [-0.3, -0.25) is 0 Å². The van der Waals surface area contributed by atoms with Gasteiger partial charge in [-0.25, -0.2) is 9.78 Å². The maximum atomic E-state index is 11.6. The van der Waals surface area contributed by atoms with Gasteiger partial charge in [0, 0.05) is 11.3 Å². The highest BCUT2D eigenvalue weighted by molar-refractivity contribution is 5.94. The summed E-state index contributed by atoms with van der Waals surface area (Å²) < 4.78 is 6.80. The molecule has 1 N–H and O–H groups in total. The first-order valence-corrected chi connectivity index (χ1v) is 9.52. The van der Waals surface area contributed by atoms with E-state index in [1.54, 1.807) is 16.9 Å². The molecular formula is C21H16N6O2. The van der Waals surface area contributed by atoms with E-state index in [0.29, 0.717) is 29.3 Å². The highest BCUT2D eigenvalue weighted by Gasteiger charge is 2.21. The first-order valence-electron chi connectivity index (χ1n) is 9.52. The van der Waals surface area contributed by atoms with E-state index >= 15 is 0 Å². The molecule has 0 unspecified atom stereocenters. The van der Waals surface area contributed by atoms with Crippen molar-refractivity contribution in [3.05, 3.63) is 64.8 Å². The molecule has 8 heteroatoms. The summed E-state index contributed by atoms with van der Waals surface area (Å²) in [5.74, 6) is 0.154. The first kappa shape index (κ1) is 16.2. The van der Waals surface area contributed by atoms with E-state index in [4.69, 9.17) is 4.74 Å². The predicted octanol–water partition coefficient (Wildman–Crippen LogP) is 3.11. The standard InChI is InChI=1S/C21H16N6O2/c28-20-17-7-5-15(8-14(17)11-29-20)23-21-22-10-18-19(24-21)27(26-25-18)16-6-4-12-2-1-3-13(12)9-16/h4-10H,1-3,11H2,(H,22,23,24). The Labute approximate surface area is 165 Å². The van der Waals surface area contributed by atoms with E-state index in [1.807, 2.05) is 12.1 Å². The average Bonchev–Trinajstić information content (AvgIpc) is 3.45. The minimum Gasteiger partial charge on any atom is -0.457 e. The molecule has 0 fully saturated rings. The van der Waals surface area contributed by atoms with Crippen LogP contribution in [0, 0.1) is 0 Å². The fourth-order valence-electron chi connectivity index (χ4n) is 3.99. The monoisotopic (exact) mass is 384 g/mol. The van der Waals surface area contributed by atoms with Gasteiger partial charge >= 0.3 is 5.97 Å². The van der Waals surface area contributed by atoms with Gasteiger partial charge in [-0.15, -0.1) is 5.10 Å². The number of nitrogens with zero attached hydrogens (tertiary/aromatic N) is 5. The average molecular weight is 384 g/mol. The number of esters is 1. The molecule has 142 valence electrons. The van der Waals surface area contributed by atoms with Gasteiger partial charge in [-0.2, -0.15) is 9.67 Å². The van der Waals surface area contributed by atoms with Crippen LogP contribution in [0.25, 0.3) is 16.9 Å². The molecule has 1 aliphatic heterocycles. The number of hydrogen-bond donors (Lipinski definition) is 1. The minimum absolute atomic E-state index is 0.284. The minimum atomic E-state index is -0.284. The molecule has 2 aromatic carbocycles. The van der Waals surface area contributed by atoms with Gasteiger partial charge < -0.3 is 10.1 Å². The number of cyclic esters (lactones) is 1. The fraction of sp³-hybridized carbons (Fsp3) is 0.190. The van der Waals surface area contributed by atoms with E-state index in [-0.39, 0.29) is 5.97 Å². The third kappa shape index (κ3) is 2.64. The second kappa shape index (κ2) is 6.10. The summed E-state index contributed by atoms with van der Waals surface area (Å²) in [5, 5.41) is 11.7. The SMILES string of the molecule is O=C1OCc2cc(Nc3ncc4nnn(-c5ccc6c(c5)CCC6)c4n3)ccc21. The van der Waals surface area contributed by atoms with Crippen LogP contribution < -0.4 is 5.32 Å². The second-order valence-corrected chi connectivity index (χ2v) is 7.28. The number of carbonyl (C=O) groups excluding carboxylic acids is 1. The lowest BCUT2D eigenvalue weighted by Gasteiger charge is -2.07. The lowest BCUT2D eigenvalue weighted by atomic mass is 10.1. The van der Waals surface area contributed by atoms with Crippen molar-refractivity contribution in [1.29, 1.82) is 0 Å². The molecule has 0 saturated heterocycles. The zero-order valence-electron chi connectivity index (χ0n) is 15.4. The molecule has 0 amide bonds. The van der Waals surface area contributed by atoms with Crippen LogP contribution in [0.1, 0.15) is 33.5 Å². The van der Waals surface area contributed by atoms with Crippen LogP contribution in [0.2, 0.25) is 0 Å². The van der Waals surface area contributed by atoms with Crippen molar-refractivity contribution in [2.24, 2.45) is 0 Å². The lowest BCUT2D eigenvalue weighted by molar-refractivity contribution is 0.0535. The number of ether oxygens (including phenoxy) is 1. The van der Waals surface area contributed by atoms with Crippen LogP contribution in [0.4, 0.5) is 11.6 Å². The number of carbonyl (C=O) groups is 1. The van der Waals surface area contributed by atoms with Crippen molar-refractivity contribution in [2.75, 3.05) is 5.32 Å². The van der Waals surface area contributed by atoms with E-state index < -0.39 is 0 Å². The molecule has 0 atom stereocenters. The molecule has 29 heavy (non-hydrogen) atoms. The van der Waals surface area contributed by atoms with E-state index in [9.17, 15) is 4.79 Å². The largest absolute Gasteiger partial charge is 0.457 e. The maximum absolute atomic E-state index is 11.6. The van der Waals surface area contributed by atoms with Crippen molar-refractivity contribution in [3.63, 3.8) is 0 Å². The van der Waals surface area contributed by atoms with Crippen molar-refractivity contribution in [1.82, 2.24) is 25.0 Å². The Morgan fingerprint density at radius 2 is 1.97 bits per heavy atom. The summed E-state index contributed by atoms with van der Waals surface area (Å²) in [7, 11) is 0. The Morgan fingerprint density at radius 1 is 1.03 bits per heavy atom.